The second-order valence-electron chi connectivity index (χ2n) is 8.23. The van der Waals surface area contributed by atoms with Crippen molar-refractivity contribution in [3.8, 4) is 0 Å². The molecule has 0 aromatic rings. The van der Waals surface area contributed by atoms with E-state index < -0.39 is 55.1 Å². The average molecular weight is 452 g/mol. The minimum atomic E-state index is -1.15. The van der Waals surface area contributed by atoms with E-state index in [9.17, 15) is 25.2 Å². The molecule has 2 fully saturated rings. The number of methoxy groups -OCH3 is 2. The van der Waals surface area contributed by atoms with Crippen LogP contribution < -0.4 is 0 Å². The van der Waals surface area contributed by atoms with Crippen molar-refractivity contribution < 1.29 is 53.6 Å². The number of hydrogen-bond donors (Lipinski definition) is 4. The van der Waals surface area contributed by atoms with Gasteiger partial charge in [0.2, 0.25) is 6.29 Å². The topological polar surface area (TPSA) is 153 Å². The molecule has 0 bridgehead atoms. The van der Waals surface area contributed by atoms with E-state index in [1.165, 1.54) is 14.2 Å². The van der Waals surface area contributed by atoms with E-state index in [0.717, 1.165) is 0 Å². The molecule has 1 aliphatic carbocycles. The maximum Gasteiger partial charge on any atom is 0.295 e. The minimum absolute atomic E-state index is 0.0440. The average Bonchev–Trinajstić information content (AvgIpc) is 2.73. The molecule has 4 N–H and O–H groups in total. The lowest BCUT2D eigenvalue weighted by molar-refractivity contribution is -0.294. The molecule has 182 valence electrons. The summed E-state index contributed by atoms with van der Waals surface area (Å²) in [5.41, 5.74) is 0. The van der Waals surface area contributed by atoms with Crippen LogP contribution in [0, 0.1) is 11.8 Å². The van der Waals surface area contributed by atoms with Crippen LogP contribution in [0.25, 0.3) is 0 Å². The fraction of sp³-hybridized carbons (Fsp3) is 0.950. The number of rotatable bonds is 11. The Balaban J connectivity index is 1.86. The first kappa shape index (κ1) is 26.4. The van der Waals surface area contributed by atoms with Gasteiger partial charge in [-0.2, -0.15) is 0 Å². The molecular weight excluding hydrogens is 416 g/mol. The quantitative estimate of drug-likeness (QED) is 0.269. The summed E-state index contributed by atoms with van der Waals surface area (Å²) in [4.78, 5) is 10.6. The van der Waals surface area contributed by atoms with Crippen LogP contribution in [0.1, 0.15) is 20.3 Å². The third-order valence-corrected chi connectivity index (χ3v) is 6.06. The van der Waals surface area contributed by atoms with Crippen molar-refractivity contribution in [3.63, 3.8) is 0 Å². The van der Waals surface area contributed by atoms with Crippen molar-refractivity contribution in [3.05, 3.63) is 0 Å². The molecule has 2 rings (SSSR count). The number of aliphatic hydroxyl groups excluding tert-OH is 4. The first-order valence-electron chi connectivity index (χ1n) is 10.5. The van der Waals surface area contributed by atoms with Crippen molar-refractivity contribution in [1.29, 1.82) is 0 Å². The first-order chi connectivity index (χ1) is 14.8. The molecule has 11 heteroatoms. The van der Waals surface area contributed by atoms with Crippen molar-refractivity contribution in [2.75, 3.05) is 34.0 Å². The number of ether oxygens (including phenoxy) is 6. The number of carbonyl (C=O) groups is 1. The summed E-state index contributed by atoms with van der Waals surface area (Å²) in [6, 6.07) is 0. The van der Waals surface area contributed by atoms with Gasteiger partial charge in [-0.3, -0.25) is 4.79 Å². The van der Waals surface area contributed by atoms with E-state index in [-0.39, 0.29) is 38.1 Å². The highest BCUT2D eigenvalue weighted by Gasteiger charge is 2.46. The first-order valence-corrected chi connectivity index (χ1v) is 10.5. The molecule has 7 unspecified atom stereocenters. The summed E-state index contributed by atoms with van der Waals surface area (Å²) >= 11 is 0. The lowest BCUT2D eigenvalue weighted by Crippen LogP contribution is -2.59. The van der Waals surface area contributed by atoms with Gasteiger partial charge in [-0.1, -0.05) is 6.92 Å². The van der Waals surface area contributed by atoms with E-state index >= 15 is 0 Å². The zero-order valence-electron chi connectivity index (χ0n) is 18.4. The second-order valence-corrected chi connectivity index (χ2v) is 8.23. The number of aliphatic hydroxyl groups is 4. The smallest absolute Gasteiger partial charge is 0.295 e. The summed E-state index contributed by atoms with van der Waals surface area (Å²) in [6.07, 6.45) is -7.07. The lowest BCUT2D eigenvalue weighted by Gasteiger charge is -2.43. The molecule has 1 saturated carbocycles. The van der Waals surface area contributed by atoms with Crippen LogP contribution in [0.4, 0.5) is 0 Å². The molecule has 0 radical (unpaired) electrons. The highest BCUT2D eigenvalue weighted by atomic mass is 16.7. The zero-order valence-corrected chi connectivity index (χ0v) is 18.4. The zero-order chi connectivity index (χ0) is 23.1. The normalized spacial score (nSPS) is 42.2. The van der Waals surface area contributed by atoms with Gasteiger partial charge in [0, 0.05) is 26.7 Å². The fourth-order valence-corrected chi connectivity index (χ4v) is 4.45. The minimum Gasteiger partial charge on any atom is -0.435 e. The van der Waals surface area contributed by atoms with E-state index in [4.69, 9.17) is 28.4 Å². The Labute approximate surface area is 182 Å². The number of hydrogen-bond acceptors (Lipinski definition) is 11. The highest BCUT2D eigenvalue weighted by molar-refractivity contribution is 5.37. The van der Waals surface area contributed by atoms with Crippen LogP contribution >= 0.6 is 0 Å². The van der Waals surface area contributed by atoms with Crippen molar-refractivity contribution in [2.24, 2.45) is 11.8 Å². The van der Waals surface area contributed by atoms with Crippen LogP contribution in [0.3, 0.4) is 0 Å². The van der Waals surface area contributed by atoms with Crippen LogP contribution in [0.15, 0.2) is 0 Å². The molecule has 2 aliphatic rings. The van der Waals surface area contributed by atoms with E-state index in [1.54, 1.807) is 6.92 Å². The summed E-state index contributed by atoms with van der Waals surface area (Å²) in [5.74, 6) is -0.226. The molecule has 0 amide bonds. The molecule has 1 heterocycles. The van der Waals surface area contributed by atoms with Crippen molar-refractivity contribution in [2.45, 2.75) is 75.4 Å². The Morgan fingerprint density at radius 2 is 1.58 bits per heavy atom. The van der Waals surface area contributed by atoms with Gasteiger partial charge < -0.3 is 48.8 Å². The Hall–Kier alpha value is -0.890. The van der Waals surface area contributed by atoms with Gasteiger partial charge in [0.05, 0.1) is 31.5 Å². The Morgan fingerprint density at radius 1 is 1.00 bits per heavy atom. The second kappa shape index (κ2) is 12.4. The maximum atomic E-state index is 10.6. The van der Waals surface area contributed by atoms with E-state index in [2.05, 4.69) is 0 Å². The molecular formula is C20H36O11. The summed E-state index contributed by atoms with van der Waals surface area (Å²) in [7, 11) is 2.82. The fourth-order valence-electron chi connectivity index (χ4n) is 4.45. The van der Waals surface area contributed by atoms with Gasteiger partial charge in [-0.25, -0.2) is 0 Å². The summed E-state index contributed by atoms with van der Waals surface area (Å²) in [5, 5.41) is 40.9. The monoisotopic (exact) mass is 452 g/mol. The van der Waals surface area contributed by atoms with E-state index in [0.29, 0.717) is 6.42 Å². The SMILES string of the molecule is COC1C(O)C(OCC(O)COC2[C@H](C)CC(CO)[C@@H](OC)[C@@H]2O)C(C)O[C@H]1OC=O. The molecule has 1 aliphatic heterocycles. The molecule has 0 aromatic carbocycles. The van der Waals surface area contributed by atoms with Crippen molar-refractivity contribution in [1.82, 2.24) is 0 Å². The summed E-state index contributed by atoms with van der Waals surface area (Å²) < 4.78 is 32.2. The molecule has 1 saturated heterocycles. The molecule has 11 atom stereocenters. The third kappa shape index (κ3) is 6.34. The number of carbonyl (C=O) groups excluding carboxylic acids is 1. The third-order valence-electron chi connectivity index (χ3n) is 6.06. The van der Waals surface area contributed by atoms with Gasteiger partial charge in [0.25, 0.3) is 6.47 Å². The van der Waals surface area contributed by atoms with Crippen LogP contribution in [-0.4, -0.2) is 116 Å². The van der Waals surface area contributed by atoms with Crippen LogP contribution in [-0.2, 0) is 33.2 Å². The van der Waals surface area contributed by atoms with Gasteiger partial charge in [-0.05, 0) is 19.3 Å². The standard InChI is InChI=1S/C20H36O11/c1-10-5-12(6-21)18(26-3)14(24)16(10)28-7-13(23)8-29-17-11(2)31-20(30-9-22)19(27-4)15(17)25/h9-21,23-25H,5-8H2,1-4H3/t10-,11?,12?,13?,14-,15?,16?,17?,18-,19?,20-/m1/s1. The molecule has 0 spiro atoms. The largest absolute Gasteiger partial charge is 0.435 e. The Kier molecular flexibility index (Phi) is 10.5. The van der Waals surface area contributed by atoms with Crippen LogP contribution in [0.5, 0.6) is 0 Å². The lowest BCUT2D eigenvalue weighted by atomic mass is 9.76. The van der Waals surface area contributed by atoms with Crippen LogP contribution in [0.2, 0.25) is 0 Å². The highest BCUT2D eigenvalue weighted by Crippen LogP contribution is 2.33. The Morgan fingerprint density at radius 3 is 2.13 bits per heavy atom. The Bertz CT molecular complexity index is 535. The maximum absolute atomic E-state index is 10.6. The van der Waals surface area contributed by atoms with Gasteiger partial charge in [0.15, 0.2) is 0 Å². The summed E-state index contributed by atoms with van der Waals surface area (Å²) in [6.45, 7) is 3.42. The van der Waals surface area contributed by atoms with E-state index in [1.807, 2.05) is 6.92 Å². The van der Waals surface area contributed by atoms with Gasteiger partial charge >= 0.3 is 0 Å². The predicted molar refractivity (Wildman–Crippen MR) is 105 cm³/mol. The van der Waals surface area contributed by atoms with Gasteiger partial charge in [0.1, 0.15) is 30.5 Å². The molecule has 0 aromatic heterocycles. The van der Waals surface area contributed by atoms with Crippen molar-refractivity contribution >= 4 is 6.47 Å². The van der Waals surface area contributed by atoms with Gasteiger partial charge in [-0.15, -0.1) is 0 Å². The molecule has 31 heavy (non-hydrogen) atoms. The molecule has 11 nitrogen and oxygen atoms in total. The predicted octanol–water partition coefficient (Wildman–Crippen LogP) is -1.56.